The summed E-state index contributed by atoms with van der Waals surface area (Å²) >= 11 is 4.53. The topological polar surface area (TPSA) is 115 Å². The van der Waals surface area contributed by atoms with Gasteiger partial charge in [0.15, 0.2) is 0 Å². The lowest BCUT2D eigenvalue weighted by atomic mass is 9.97. The van der Waals surface area contributed by atoms with Crippen molar-refractivity contribution in [2.24, 2.45) is 11.6 Å². The average Bonchev–Trinajstić information content (AvgIpc) is 2.91. The molecule has 2 heterocycles. The molecule has 0 aliphatic heterocycles. The van der Waals surface area contributed by atoms with Crippen LogP contribution in [0.3, 0.4) is 0 Å². The number of nitrogens with one attached hydrogen (secondary N) is 2. The van der Waals surface area contributed by atoms with Crippen molar-refractivity contribution < 1.29 is 0 Å². The maximum atomic E-state index is 6.74. The molecule has 0 aliphatic carbocycles. The van der Waals surface area contributed by atoms with Crippen LogP contribution in [0.4, 0.5) is 11.5 Å². The van der Waals surface area contributed by atoms with Crippen molar-refractivity contribution >= 4 is 35.0 Å². The molecule has 7 nitrogen and oxygen atoms in total. The van der Waals surface area contributed by atoms with Crippen LogP contribution in [-0.2, 0) is 6.54 Å². The molecule has 0 bridgehead atoms. The minimum absolute atomic E-state index is 0.452. The Hall–Kier alpha value is -3.98. The van der Waals surface area contributed by atoms with E-state index in [9.17, 15) is 0 Å². The van der Waals surface area contributed by atoms with Gasteiger partial charge in [-0.2, -0.15) is 0 Å². The Morgan fingerprint density at radius 2 is 1.73 bits per heavy atom. The third-order valence-corrected chi connectivity index (χ3v) is 6.95. The molecule has 8 heteroatoms. The molecule has 0 fully saturated rings. The third kappa shape index (κ3) is 4.99. The molecule has 186 valence electrons. The van der Waals surface area contributed by atoms with Gasteiger partial charge in [-0.1, -0.05) is 48.5 Å². The minimum atomic E-state index is -0.452. The van der Waals surface area contributed by atoms with Crippen molar-refractivity contribution in [2.45, 2.75) is 31.3 Å². The fourth-order valence-corrected chi connectivity index (χ4v) is 4.86. The van der Waals surface area contributed by atoms with Crippen LogP contribution < -0.4 is 22.3 Å². The smallest absolute Gasteiger partial charge is 0.135 e. The number of aryl methyl sites for hydroxylation is 2. The Bertz CT molecular complexity index is 1580. The second kappa shape index (κ2) is 10.6. The number of aromatic nitrogens is 3. The largest absolute Gasteiger partial charge is 0.366 e. The summed E-state index contributed by atoms with van der Waals surface area (Å²) in [4.78, 5) is 14.7. The highest BCUT2D eigenvalue weighted by Gasteiger charge is 2.20. The Balaban J connectivity index is 1.53. The van der Waals surface area contributed by atoms with Gasteiger partial charge in [-0.25, -0.2) is 15.0 Å². The van der Waals surface area contributed by atoms with Crippen LogP contribution in [0.25, 0.3) is 22.2 Å². The van der Waals surface area contributed by atoms with Gasteiger partial charge >= 0.3 is 0 Å². The number of para-hydroxylation sites is 1. The Morgan fingerprint density at radius 3 is 2.51 bits per heavy atom. The van der Waals surface area contributed by atoms with Crippen molar-refractivity contribution in [3.63, 3.8) is 0 Å². The molecule has 0 saturated carbocycles. The summed E-state index contributed by atoms with van der Waals surface area (Å²) in [5, 5.41) is 4.62. The predicted molar refractivity (Wildman–Crippen MR) is 154 cm³/mol. The summed E-state index contributed by atoms with van der Waals surface area (Å²) in [6.07, 6.45) is 1.56. The van der Waals surface area contributed by atoms with E-state index in [-0.39, 0.29) is 0 Å². The molecule has 37 heavy (non-hydrogen) atoms. The van der Waals surface area contributed by atoms with Crippen molar-refractivity contribution in [1.29, 1.82) is 0 Å². The number of hydrogen-bond donors (Lipinski definition) is 5. The molecule has 5 rings (SSSR count). The van der Waals surface area contributed by atoms with E-state index in [4.69, 9.17) is 16.6 Å². The highest BCUT2D eigenvalue weighted by molar-refractivity contribution is 7.80. The maximum Gasteiger partial charge on any atom is 0.135 e. The summed E-state index contributed by atoms with van der Waals surface area (Å²) < 4.78 is 0. The van der Waals surface area contributed by atoms with Gasteiger partial charge in [0.05, 0.1) is 22.9 Å². The van der Waals surface area contributed by atoms with Crippen molar-refractivity contribution in [2.75, 3.05) is 10.7 Å². The van der Waals surface area contributed by atoms with Gasteiger partial charge in [0, 0.05) is 33.6 Å². The standard InChI is InChI=1S/C29H29N7S/c1-17-7-3-5-9-22(17)28-21(13-19-8-4-6-10-23(19)35-28)15-32-29-26(18(2)33-16-34-29)27(30)20-11-12-24(36-31)25(37)14-20/h3-14,16,27,36-37H,15,30-31H2,1-2H3,(H,32,33,34). The lowest BCUT2D eigenvalue weighted by Gasteiger charge is -2.20. The third-order valence-electron chi connectivity index (χ3n) is 6.58. The zero-order valence-electron chi connectivity index (χ0n) is 20.7. The SMILES string of the molecule is Cc1ccccc1-c1nc2ccccc2cc1CNc1ncnc(C)c1C(N)c1ccc(NN)c(S)c1. The molecular formula is C29H29N7S. The minimum Gasteiger partial charge on any atom is -0.366 e. The van der Waals surface area contributed by atoms with E-state index in [1.54, 1.807) is 6.33 Å². The van der Waals surface area contributed by atoms with Crippen LogP contribution in [0.2, 0.25) is 0 Å². The number of rotatable bonds is 7. The highest BCUT2D eigenvalue weighted by atomic mass is 32.1. The van der Waals surface area contributed by atoms with E-state index in [1.807, 2.05) is 55.5 Å². The van der Waals surface area contributed by atoms with Gasteiger partial charge in [0.2, 0.25) is 0 Å². The van der Waals surface area contributed by atoms with Crippen molar-refractivity contribution in [1.82, 2.24) is 15.0 Å². The molecule has 0 saturated heterocycles. The lowest BCUT2D eigenvalue weighted by molar-refractivity contribution is 0.830. The summed E-state index contributed by atoms with van der Waals surface area (Å²) in [7, 11) is 0. The summed E-state index contributed by atoms with van der Waals surface area (Å²) in [5.74, 6) is 6.25. The molecular weight excluding hydrogens is 478 g/mol. The second-order valence-electron chi connectivity index (χ2n) is 8.98. The number of pyridine rings is 1. The van der Waals surface area contributed by atoms with Crippen molar-refractivity contribution in [3.8, 4) is 11.3 Å². The van der Waals surface area contributed by atoms with Crippen molar-refractivity contribution in [3.05, 3.63) is 107 Å². The second-order valence-corrected chi connectivity index (χ2v) is 9.46. The van der Waals surface area contributed by atoms with Gasteiger partial charge in [-0.3, -0.25) is 5.84 Å². The van der Waals surface area contributed by atoms with Crippen LogP contribution in [0.5, 0.6) is 0 Å². The first-order chi connectivity index (χ1) is 18.0. The number of hydrazine groups is 1. The van der Waals surface area contributed by atoms with E-state index in [0.29, 0.717) is 17.3 Å². The highest BCUT2D eigenvalue weighted by Crippen LogP contribution is 2.32. The Kier molecular flexibility index (Phi) is 7.05. The summed E-state index contributed by atoms with van der Waals surface area (Å²) in [6, 6.07) is 23.9. The van der Waals surface area contributed by atoms with Crippen LogP contribution in [0, 0.1) is 13.8 Å². The normalized spacial score (nSPS) is 11.9. The molecule has 1 atom stereocenters. The number of anilines is 2. The summed E-state index contributed by atoms with van der Waals surface area (Å²) in [6.45, 7) is 4.57. The molecule has 0 aliphatic rings. The Morgan fingerprint density at radius 1 is 0.946 bits per heavy atom. The van der Waals surface area contributed by atoms with Gasteiger partial charge in [0.25, 0.3) is 0 Å². The molecule has 6 N–H and O–H groups in total. The Labute approximate surface area is 221 Å². The molecule has 5 aromatic rings. The van der Waals surface area contributed by atoms with E-state index in [1.165, 1.54) is 5.56 Å². The van der Waals surface area contributed by atoms with E-state index < -0.39 is 6.04 Å². The van der Waals surface area contributed by atoms with Gasteiger partial charge in [-0.15, -0.1) is 12.6 Å². The molecule has 0 spiro atoms. The van der Waals surface area contributed by atoms with Crippen LogP contribution >= 0.6 is 12.6 Å². The zero-order chi connectivity index (χ0) is 25.9. The molecule has 2 aromatic heterocycles. The lowest BCUT2D eigenvalue weighted by Crippen LogP contribution is -2.18. The average molecular weight is 508 g/mol. The van der Waals surface area contributed by atoms with Gasteiger partial charge in [0.1, 0.15) is 12.1 Å². The fraction of sp³-hybridized carbons (Fsp3) is 0.138. The van der Waals surface area contributed by atoms with Gasteiger partial charge < -0.3 is 16.5 Å². The van der Waals surface area contributed by atoms with E-state index >= 15 is 0 Å². The number of hydrogen-bond acceptors (Lipinski definition) is 8. The number of fused-ring (bicyclic) bond motifs is 1. The number of thiol groups is 1. The number of benzene rings is 3. The summed E-state index contributed by atoms with van der Waals surface area (Å²) in [5.41, 5.74) is 17.9. The first-order valence-electron chi connectivity index (χ1n) is 12.0. The number of nitrogens with zero attached hydrogens (tertiary/aromatic N) is 3. The molecule has 0 amide bonds. The monoisotopic (exact) mass is 507 g/mol. The predicted octanol–water partition coefficient (Wildman–Crippen LogP) is 5.54. The first-order valence-corrected chi connectivity index (χ1v) is 12.5. The van der Waals surface area contributed by atoms with E-state index in [0.717, 1.165) is 50.2 Å². The first kappa shape index (κ1) is 24.7. The zero-order valence-corrected chi connectivity index (χ0v) is 21.6. The molecule has 1 unspecified atom stereocenters. The molecule has 3 aromatic carbocycles. The number of nitrogens with two attached hydrogens (primary N) is 2. The molecule has 0 radical (unpaired) electrons. The van der Waals surface area contributed by atoms with Gasteiger partial charge in [-0.05, 0) is 54.8 Å². The van der Waals surface area contributed by atoms with E-state index in [2.05, 4.69) is 64.5 Å². The van der Waals surface area contributed by atoms with Crippen LogP contribution in [0.1, 0.15) is 34.0 Å². The van der Waals surface area contributed by atoms with Crippen LogP contribution in [0.15, 0.2) is 84.0 Å². The fourth-order valence-electron chi connectivity index (χ4n) is 4.57. The quantitative estimate of drug-likeness (QED) is 0.112. The van der Waals surface area contributed by atoms with Crippen LogP contribution in [-0.4, -0.2) is 15.0 Å². The maximum absolute atomic E-state index is 6.74. The number of nitrogen functional groups attached to an aromatic ring is 1.